The van der Waals surface area contributed by atoms with Crippen LogP contribution in [-0.4, -0.2) is 39.5 Å². The summed E-state index contributed by atoms with van der Waals surface area (Å²) in [4.78, 5) is 17.1. The van der Waals surface area contributed by atoms with Crippen LogP contribution >= 0.6 is 0 Å². The van der Waals surface area contributed by atoms with E-state index in [1.807, 2.05) is 41.5 Å². The van der Waals surface area contributed by atoms with E-state index < -0.39 is 16.8 Å². The standard InChI is InChI=1S/C15H30N2O3S/c1-8-12(16-21(19)15(5,6)7)11-9-17(10-11)20-13(18)14(2,3)4/h11-12,16H,8-10H2,1-7H3/t12-,21?/m0/s1. The SMILES string of the molecule is CC[C@H](N[S+]([O-])C(C)(C)C)C1CN(OC(=O)C(C)(C)C)C1. The van der Waals surface area contributed by atoms with Crippen molar-refractivity contribution >= 4 is 17.3 Å². The Bertz CT molecular complexity index is 357. The van der Waals surface area contributed by atoms with Crippen molar-refractivity contribution in [1.29, 1.82) is 0 Å². The van der Waals surface area contributed by atoms with Crippen LogP contribution in [0.3, 0.4) is 0 Å². The third kappa shape index (κ3) is 5.43. The minimum Gasteiger partial charge on any atom is -0.598 e. The molecule has 0 bridgehead atoms. The molecule has 0 aromatic rings. The molecule has 1 aliphatic heterocycles. The smallest absolute Gasteiger partial charge is 0.330 e. The maximum Gasteiger partial charge on any atom is 0.330 e. The molecule has 1 unspecified atom stereocenters. The molecular weight excluding hydrogens is 288 g/mol. The summed E-state index contributed by atoms with van der Waals surface area (Å²) in [7, 11) is 0. The number of nitrogens with one attached hydrogen (secondary N) is 1. The van der Waals surface area contributed by atoms with Gasteiger partial charge in [0.05, 0.1) is 11.5 Å². The molecule has 2 atom stereocenters. The first-order chi connectivity index (χ1) is 9.45. The van der Waals surface area contributed by atoms with Crippen LogP contribution in [0.25, 0.3) is 0 Å². The second kappa shape index (κ2) is 6.86. The van der Waals surface area contributed by atoms with E-state index in [1.165, 1.54) is 0 Å². The first kappa shape index (κ1) is 18.7. The molecular formula is C15H30N2O3S. The molecule has 0 aromatic carbocycles. The summed E-state index contributed by atoms with van der Waals surface area (Å²) in [5.74, 6) is 0.161. The van der Waals surface area contributed by atoms with E-state index >= 15 is 0 Å². The van der Waals surface area contributed by atoms with Crippen LogP contribution in [0.15, 0.2) is 0 Å². The zero-order chi connectivity index (χ0) is 16.4. The summed E-state index contributed by atoms with van der Waals surface area (Å²) in [6.45, 7) is 14.9. The highest BCUT2D eigenvalue weighted by molar-refractivity contribution is 7.90. The second-order valence-electron chi connectivity index (χ2n) is 7.75. The molecule has 21 heavy (non-hydrogen) atoms. The summed E-state index contributed by atoms with van der Waals surface area (Å²) in [6.07, 6.45) is 0.910. The normalized spacial score (nSPS) is 20.8. The topological polar surface area (TPSA) is 64.6 Å². The first-order valence-electron chi connectivity index (χ1n) is 7.60. The van der Waals surface area contributed by atoms with Gasteiger partial charge in [-0.1, -0.05) is 6.92 Å². The van der Waals surface area contributed by atoms with Gasteiger partial charge in [-0.25, -0.2) is 4.79 Å². The molecule has 6 heteroatoms. The van der Waals surface area contributed by atoms with Gasteiger partial charge in [0.2, 0.25) is 0 Å². The summed E-state index contributed by atoms with van der Waals surface area (Å²) < 4.78 is 15.1. The molecule has 124 valence electrons. The maximum atomic E-state index is 12.2. The Morgan fingerprint density at radius 2 is 1.86 bits per heavy atom. The van der Waals surface area contributed by atoms with E-state index in [1.54, 1.807) is 5.06 Å². The van der Waals surface area contributed by atoms with Crippen LogP contribution < -0.4 is 4.72 Å². The van der Waals surface area contributed by atoms with Gasteiger partial charge in [-0.3, -0.25) is 0 Å². The molecule has 0 aromatic heterocycles. The lowest BCUT2D eigenvalue weighted by Gasteiger charge is -2.42. The van der Waals surface area contributed by atoms with Gasteiger partial charge < -0.3 is 9.39 Å². The van der Waals surface area contributed by atoms with E-state index in [0.717, 1.165) is 6.42 Å². The van der Waals surface area contributed by atoms with Crippen molar-refractivity contribution in [1.82, 2.24) is 9.79 Å². The number of carbonyl (C=O) groups excluding carboxylic acids is 1. The highest BCUT2D eigenvalue weighted by Crippen LogP contribution is 2.26. The van der Waals surface area contributed by atoms with E-state index in [0.29, 0.717) is 19.0 Å². The Labute approximate surface area is 132 Å². The fourth-order valence-corrected chi connectivity index (χ4v) is 2.87. The first-order valence-corrected chi connectivity index (χ1v) is 8.75. The van der Waals surface area contributed by atoms with Crippen molar-refractivity contribution in [2.45, 2.75) is 65.7 Å². The summed E-state index contributed by atoms with van der Waals surface area (Å²) in [6, 6.07) is 0.189. The van der Waals surface area contributed by atoms with E-state index in [2.05, 4.69) is 11.6 Å². The molecule has 5 nitrogen and oxygen atoms in total. The number of hydrogen-bond acceptors (Lipinski definition) is 5. The van der Waals surface area contributed by atoms with E-state index in [-0.39, 0.29) is 16.8 Å². The van der Waals surface area contributed by atoms with Gasteiger partial charge in [0, 0.05) is 30.4 Å². The lowest BCUT2D eigenvalue weighted by atomic mass is 9.92. The molecule has 0 amide bonds. The van der Waals surface area contributed by atoms with Crippen LogP contribution in [0.4, 0.5) is 0 Å². The number of rotatable bonds is 5. The third-order valence-corrected chi connectivity index (χ3v) is 5.15. The van der Waals surface area contributed by atoms with E-state index in [9.17, 15) is 9.35 Å². The quantitative estimate of drug-likeness (QED) is 0.788. The summed E-state index contributed by atoms with van der Waals surface area (Å²) >= 11 is -1.07. The predicted molar refractivity (Wildman–Crippen MR) is 85.7 cm³/mol. The third-order valence-electron chi connectivity index (χ3n) is 3.52. The molecule has 1 heterocycles. The molecule has 1 aliphatic rings. The van der Waals surface area contributed by atoms with Crippen molar-refractivity contribution in [3.63, 3.8) is 0 Å². The number of hydroxylamine groups is 2. The van der Waals surface area contributed by atoms with Gasteiger partial charge in [-0.15, -0.1) is 9.79 Å². The summed E-state index contributed by atoms with van der Waals surface area (Å²) in [5, 5.41) is 1.70. The fourth-order valence-electron chi connectivity index (χ4n) is 1.88. The zero-order valence-electron chi connectivity index (χ0n) is 14.4. The van der Waals surface area contributed by atoms with Crippen LogP contribution in [0.2, 0.25) is 0 Å². The minimum absolute atomic E-state index is 0.189. The second-order valence-corrected chi connectivity index (χ2v) is 9.75. The van der Waals surface area contributed by atoms with Gasteiger partial charge in [-0.05, 0) is 48.0 Å². The van der Waals surface area contributed by atoms with Crippen molar-refractivity contribution in [3.8, 4) is 0 Å². The molecule has 0 radical (unpaired) electrons. The van der Waals surface area contributed by atoms with Gasteiger partial charge in [0.1, 0.15) is 4.75 Å². The average molecular weight is 318 g/mol. The molecule has 1 fully saturated rings. The van der Waals surface area contributed by atoms with Gasteiger partial charge in [-0.2, -0.15) is 0 Å². The fraction of sp³-hybridized carbons (Fsp3) is 0.933. The molecule has 0 aliphatic carbocycles. The minimum atomic E-state index is -1.07. The Morgan fingerprint density at radius 1 is 1.33 bits per heavy atom. The zero-order valence-corrected chi connectivity index (χ0v) is 15.2. The van der Waals surface area contributed by atoms with Crippen molar-refractivity contribution in [2.24, 2.45) is 11.3 Å². The van der Waals surface area contributed by atoms with Gasteiger partial charge in [0.25, 0.3) is 0 Å². The lowest BCUT2D eigenvalue weighted by molar-refractivity contribution is -0.230. The molecule has 0 spiro atoms. The Balaban J connectivity index is 2.42. The average Bonchev–Trinajstić information content (AvgIpc) is 2.27. The molecule has 1 rings (SSSR count). The van der Waals surface area contributed by atoms with E-state index in [4.69, 9.17) is 4.84 Å². The monoisotopic (exact) mass is 318 g/mol. The lowest BCUT2D eigenvalue weighted by Crippen LogP contribution is -2.58. The molecule has 0 saturated carbocycles. The maximum absolute atomic E-state index is 12.2. The van der Waals surface area contributed by atoms with Crippen molar-refractivity contribution in [3.05, 3.63) is 0 Å². The van der Waals surface area contributed by atoms with Crippen molar-refractivity contribution < 1.29 is 14.2 Å². The Hall–Kier alpha value is -0.300. The van der Waals surface area contributed by atoms with Gasteiger partial charge >= 0.3 is 5.97 Å². The van der Waals surface area contributed by atoms with Crippen LogP contribution in [-0.2, 0) is 21.0 Å². The van der Waals surface area contributed by atoms with Crippen LogP contribution in [0.1, 0.15) is 54.9 Å². The van der Waals surface area contributed by atoms with Crippen molar-refractivity contribution in [2.75, 3.05) is 13.1 Å². The number of hydrogen-bond donors (Lipinski definition) is 1. The van der Waals surface area contributed by atoms with Gasteiger partial charge in [0.15, 0.2) is 0 Å². The largest absolute Gasteiger partial charge is 0.598 e. The van der Waals surface area contributed by atoms with Crippen LogP contribution in [0.5, 0.6) is 0 Å². The highest BCUT2D eigenvalue weighted by Gasteiger charge is 2.40. The predicted octanol–water partition coefficient (Wildman–Crippen LogP) is 2.25. The highest BCUT2D eigenvalue weighted by atomic mass is 32.2. The molecule has 1 N–H and O–H groups in total. The van der Waals surface area contributed by atoms with Crippen LogP contribution in [0, 0.1) is 11.3 Å². The summed E-state index contributed by atoms with van der Waals surface area (Å²) in [5.41, 5.74) is -0.485. The number of nitrogens with zero attached hydrogens (tertiary/aromatic N) is 1. The Morgan fingerprint density at radius 3 is 2.24 bits per heavy atom. The Kier molecular flexibility index (Phi) is 6.12. The number of carbonyl (C=O) groups is 1. The molecule has 1 saturated heterocycles.